The fourth-order valence-corrected chi connectivity index (χ4v) is 4.06. The van der Waals surface area contributed by atoms with Gasteiger partial charge in [0, 0.05) is 37.3 Å². The molecule has 1 N–H and O–H groups in total. The van der Waals surface area contributed by atoms with Gasteiger partial charge < -0.3 is 19.0 Å². The maximum Gasteiger partial charge on any atom is 0.312 e. The summed E-state index contributed by atoms with van der Waals surface area (Å²) in [4.78, 5) is 30.9. The molecular weight excluding hydrogens is 426 g/mol. The normalized spacial score (nSPS) is 15.5. The number of aromatic nitrogens is 8. The maximum absolute atomic E-state index is 13.5. The SMILES string of the molecule is COc1cccn2nc(C3c4nc[nH]c4CCN3C(=O)c3nnc(-c4cnccn4)o3)cc12. The maximum atomic E-state index is 13.5. The topological polar surface area (TPSA) is 140 Å². The number of fused-ring (bicyclic) bond motifs is 2. The molecule has 1 aliphatic heterocycles. The van der Waals surface area contributed by atoms with E-state index >= 15 is 0 Å². The van der Waals surface area contributed by atoms with Gasteiger partial charge >= 0.3 is 11.8 Å². The number of imidazole rings is 1. The van der Waals surface area contributed by atoms with Crippen LogP contribution in [0.4, 0.5) is 0 Å². The summed E-state index contributed by atoms with van der Waals surface area (Å²) in [5.41, 5.74) is 3.51. The highest BCUT2D eigenvalue weighted by Crippen LogP contribution is 2.35. The Morgan fingerprint density at radius 2 is 2.21 bits per heavy atom. The first-order valence-corrected chi connectivity index (χ1v) is 10.2. The molecule has 1 amide bonds. The van der Waals surface area contributed by atoms with Gasteiger partial charge in [-0.1, -0.05) is 0 Å². The first-order valence-electron chi connectivity index (χ1n) is 10.2. The van der Waals surface area contributed by atoms with Gasteiger partial charge in [-0.05, 0) is 18.2 Å². The molecule has 6 rings (SSSR count). The van der Waals surface area contributed by atoms with Crippen molar-refractivity contribution in [2.24, 2.45) is 0 Å². The van der Waals surface area contributed by atoms with E-state index in [2.05, 4.69) is 30.1 Å². The smallest absolute Gasteiger partial charge is 0.312 e. The predicted molar refractivity (Wildman–Crippen MR) is 112 cm³/mol. The molecule has 0 fully saturated rings. The summed E-state index contributed by atoms with van der Waals surface area (Å²) in [7, 11) is 1.61. The van der Waals surface area contributed by atoms with Crippen molar-refractivity contribution in [1.82, 2.24) is 44.6 Å². The van der Waals surface area contributed by atoms with Gasteiger partial charge in [0.25, 0.3) is 5.89 Å². The van der Waals surface area contributed by atoms with E-state index in [-0.39, 0.29) is 11.8 Å². The molecule has 0 saturated heterocycles. The molecule has 0 spiro atoms. The highest BCUT2D eigenvalue weighted by molar-refractivity contribution is 5.90. The second-order valence-corrected chi connectivity index (χ2v) is 7.40. The fraction of sp³-hybridized carbons (Fsp3) is 0.190. The van der Waals surface area contributed by atoms with Gasteiger partial charge in [0.2, 0.25) is 0 Å². The Balaban J connectivity index is 1.41. The van der Waals surface area contributed by atoms with Gasteiger partial charge in [-0.2, -0.15) is 5.10 Å². The second kappa shape index (κ2) is 7.51. The van der Waals surface area contributed by atoms with Crippen LogP contribution in [0.25, 0.3) is 17.1 Å². The third-order valence-electron chi connectivity index (χ3n) is 5.56. The fourth-order valence-electron chi connectivity index (χ4n) is 4.06. The number of nitrogens with one attached hydrogen (secondary N) is 1. The molecule has 0 bridgehead atoms. The van der Waals surface area contributed by atoms with Crippen molar-refractivity contribution < 1.29 is 13.9 Å². The van der Waals surface area contributed by atoms with E-state index in [1.165, 1.54) is 18.6 Å². The van der Waals surface area contributed by atoms with Crippen LogP contribution in [0.2, 0.25) is 0 Å². The lowest BCUT2D eigenvalue weighted by Crippen LogP contribution is -2.41. The lowest BCUT2D eigenvalue weighted by molar-refractivity contribution is 0.0646. The number of carbonyl (C=O) groups excluding carboxylic acids is 1. The van der Waals surface area contributed by atoms with Crippen molar-refractivity contribution in [3.8, 4) is 17.3 Å². The van der Waals surface area contributed by atoms with Gasteiger partial charge in [-0.3, -0.25) is 9.78 Å². The molecule has 164 valence electrons. The van der Waals surface area contributed by atoms with Crippen molar-refractivity contribution in [1.29, 1.82) is 0 Å². The Morgan fingerprint density at radius 1 is 1.27 bits per heavy atom. The third kappa shape index (κ3) is 3.11. The number of nitrogens with zero attached hydrogens (tertiary/aromatic N) is 8. The Morgan fingerprint density at radius 3 is 3.06 bits per heavy atom. The van der Waals surface area contributed by atoms with Crippen LogP contribution in [0.5, 0.6) is 5.75 Å². The van der Waals surface area contributed by atoms with Crippen LogP contribution < -0.4 is 4.74 Å². The van der Waals surface area contributed by atoms with Crippen LogP contribution in [0, 0.1) is 0 Å². The Hall–Kier alpha value is -4.61. The number of amides is 1. The second-order valence-electron chi connectivity index (χ2n) is 7.40. The number of hydrogen-bond donors (Lipinski definition) is 1. The molecule has 5 aromatic heterocycles. The van der Waals surface area contributed by atoms with Crippen molar-refractivity contribution in [2.75, 3.05) is 13.7 Å². The van der Waals surface area contributed by atoms with E-state index in [9.17, 15) is 4.79 Å². The zero-order chi connectivity index (χ0) is 22.4. The van der Waals surface area contributed by atoms with E-state index in [4.69, 9.17) is 14.3 Å². The third-order valence-corrected chi connectivity index (χ3v) is 5.56. The number of methoxy groups -OCH3 is 1. The van der Waals surface area contributed by atoms with Crippen molar-refractivity contribution >= 4 is 11.4 Å². The molecule has 33 heavy (non-hydrogen) atoms. The largest absolute Gasteiger partial charge is 0.494 e. The summed E-state index contributed by atoms with van der Waals surface area (Å²) in [5.74, 6) is 0.247. The summed E-state index contributed by atoms with van der Waals surface area (Å²) in [6.45, 7) is 0.423. The summed E-state index contributed by atoms with van der Waals surface area (Å²) >= 11 is 0. The van der Waals surface area contributed by atoms with Crippen LogP contribution in [-0.2, 0) is 6.42 Å². The van der Waals surface area contributed by atoms with Gasteiger partial charge in [0.1, 0.15) is 23.0 Å². The highest BCUT2D eigenvalue weighted by atomic mass is 16.5. The van der Waals surface area contributed by atoms with E-state index in [1.807, 2.05) is 24.4 Å². The number of H-pyrrole nitrogens is 1. The van der Waals surface area contributed by atoms with E-state index in [0.717, 1.165) is 16.9 Å². The minimum atomic E-state index is -0.538. The molecule has 1 aliphatic rings. The Labute approximate surface area is 186 Å². The lowest BCUT2D eigenvalue weighted by atomic mass is 9.99. The lowest BCUT2D eigenvalue weighted by Gasteiger charge is -2.32. The molecule has 12 heteroatoms. The van der Waals surface area contributed by atoms with Crippen molar-refractivity contribution in [3.63, 3.8) is 0 Å². The van der Waals surface area contributed by atoms with Gasteiger partial charge in [0.05, 0.1) is 31.0 Å². The van der Waals surface area contributed by atoms with Gasteiger partial charge in [-0.25, -0.2) is 14.5 Å². The van der Waals surface area contributed by atoms with Crippen LogP contribution in [0.3, 0.4) is 0 Å². The van der Waals surface area contributed by atoms with E-state index in [0.29, 0.717) is 30.1 Å². The molecule has 0 saturated carbocycles. The number of pyridine rings is 1. The number of carbonyl (C=O) groups is 1. The van der Waals surface area contributed by atoms with E-state index in [1.54, 1.807) is 22.9 Å². The van der Waals surface area contributed by atoms with Crippen LogP contribution in [-0.4, -0.2) is 64.2 Å². The number of ether oxygens (including phenoxy) is 1. The summed E-state index contributed by atoms with van der Waals surface area (Å²) in [6.07, 6.45) is 8.60. The molecule has 1 unspecified atom stereocenters. The number of rotatable bonds is 4. The summed E-state index contributed by atoms with van der Waals surface area (Å²) < 4.78 is 12.8. The monoisotopic (exact) mass is 443 g/mol. The minimum absolute atomic E-state index is 0.123. The molecule has 0 radical (unpaired) electrons. The first-order chi connectivity index (χ1) is 16.2. The molecule has 1 atom stereocenters. The molecule has 6 heterocycles. The molecule has 0 aliphatic carbocycles. The number of hydrogen-bond acceptors (Lipinski definition) is 9. The predicted octanol–water partition coefficient (Wildman–Crippen LogP) is 1.69. The van der Waals surface area contributed by atoms with E-state index < -0.39 is 11.9 Å². The van der Waals surface area contributed by atoms with Crippen molar-refractivity contribution in [3.05, 3.63) is 72.3 Å². The minimum Gasteiger partial charge on any atom is -0.494 e. The highest BCUT2D eigenvalue weighted by Gasteiger charge is 2.38. The van der Waals surface area contributed by atoms with Gasteiger partial charge in [0.15, 0.2) is 0 Å². The summed E-state index contributed by atoms with van der Waals surface area (Å²) in [5, 5.41) is 12.6. The van der Waals surface area contributed by atoms with Crippen LogP contribution in [0.1, 0.15) is 33.8 Å². The molecule has 12 nitrogen and oxygen atoms in total. The Kier molecular flexibility index (Phi) is 4.35. The number of aromatic amines is 1. The van der Waals surface area contributed by atoms with Gasteiger partial charge in [-0.15, -0.1) is 10.2 Å². The zero-order valence-corrected chi connectivity index (χ0v) is 17.4. The van der Waals surface area contributed by atoms with Crippen LogP contribution in [0.15, 0.2) is 53.7 Å². The quantitative estimate of drug-likeness (QED) is 0.439. The summed E-state index contributed by atoms with van der Waals surface area (Å²) in [6, 6.07) is 5.06. The average molecular weight is 443 g/mol. The molecule has 5 aromatic rings. The average Bonchev–Trinajstić information content (AvgIpc) is 3.62. The zero-order valence-electron chi connectivity index (χ0n) is 17.4. The first kappa shape index (κ1) is 19.1. The van der Waals surface area contributed by atoms with Crippen LogP contribution >= 0.6 is 0 Å². The standard InChI is InChI=1S/C21H17N9O3/c1-32-16-3-2-7-30-15(16)9-13(28-30)18-17-12(24-11-25-17)4-8-29(18)21(31)20-27-26-19(33-20)14-10-22-5-6-23-14/h2-3,5-7,9-11,18H,4,8H2,1H3,(H,24,25). The molecule has 0 aromatic carbocycles. The Bertz CT molecular complexity index is 1460. The van der Waals surface area contributed by atoms with Crippen molar-refractivity contribution in [2.45, 2.75) is 12.5 Å². The molecular formula is C21H17N9O3.